The van der Waals surface area contributed by atoms with Crippen LogP contribution in [0.25, 0.3) is 0 Å². The fourth-order valence-corrected chi connectivity index (χ4v) is 2.04. The highest BCUT2D eigenvalue weighted by Crippen LogP contribution is 2.26. The molecule has 1 aromatic carbocycles. The molecule has 2 aromatic rings. The summed E-state index contributed by atoms with van der Waals surface area (Å²) in [6, 6.07) is 7.59. The first-order chi connectivity index (χ1) is 10.0. The monoisotopic (exact) mass is 285 g/mol. The summed E-state index contributed by atoms with van der Waals surface area (Å²) in [5.41, 5.74) is 4.64. The standard InChI is InChI=1S/C17H19NO3/c1-11-5-6-12(2)16(13(11)3)21-10-15-8-7-14(9-18-15)17(19)20-4/h5-9H,10H2,1-4H3. The first-order valence-corrected chi connectivity index (χ1v) is 6.75. The van der Waals surface area contributed by atoms with E-state index in [9.17, 15) is 4.79 Å². The van der Waals surface area contributed by atoms with Crippen molar-refractivity contribution in [3.05, 3.63) is 58.4 Å². The molecule has 0 aliphatic heterocycles. The van der Waals surface area contributed by atoms with Gasteiger partial charge in [0.15, 0.2) is 0 Å². The van der Waals surface area contributed by atoms with Crippen LogP contribution in [0.3, 0.4) is 0 Å². The van der Waals surface area contributed by atoms with Crippen LogP contribution < -0.4 is 4.74 Å². The molecule has 4 nitrogen and oxygen atoms in total. The van der Waals surface area contributed by atoms with Gasteiger partial charge in [-0.3, -0.25) is 4.98 Å². The highest BCUT2D eigenvalue weighted by atomic mass is 16.5. The molecular formula is C17H19NO3. The second-order valence-corrected chi connectivity index (χ2v) is 4.97. The summed E-state index contributed by atoms with van der Waals surface area (Å²) in [6.45, 7) is 6.50. The minimum atomic E-state index is -0.389. The third-order valence-corrected chi connectivity index (χ3v) is 3.48. The Kier molecular flexibility index (Phi) is 4.58. The fraction of sp³-hybridized carbons (Fsp3) is 0.294. The van der Waals surface area contributed by atoms with E-state index >= 15 is 0 Å². The molecule has 0 N–H and O–H groups in total. The zero-order valence-corrected chi connectivity index (χ0v) is 12.8. The molecule has 110 valence electrons. The summed E-state index contributed by atoms with van der Waals surface area (Å²) < 4.78 is 10.5. The normalized spacial score (nSPS) is 10.3. The van der Waals surface area contributed by atoms with Crippen LogP contribution in [0, 0.1) is 20.8 Å². The van der Waals surface area contributed by atoms with Gasteiger partial charge >= 0.3 is 5.97 Å². The van der Waals surface area contributed by atoms with E-state index in [-0.39, 0.29) is 5.97 Å². The number of methoxy groups -OCH3 is 1. The molecule has 0 bridgehead atoms. The van der Waals surface area contributed by atoms with E-state index in [4.69, 9.17) is 4.74 Å². The van der Waals surface area contributed by atoms with Gasteiger partial charge in [0.1, 0.15) is 12.4 Å². The number of hydrogen-bond donors (Lipinski definition) is 0. The largest absolute Gasteiger partial charge is 0.487 e. The minimum Gasteiger partial charge on any atom is -0.487 e. The Morgan fingerprint density at radius 3 is 2.43 bits per heavy atom. The second-order valence-electron chi connectivity index (χ2n) is 4.97. The average molecular weight is 285 g/mol. The molecule has 0 atom stereocenters. The van der Waals surface area contributed by atoms with Crippen molar-refractivity contribution in [2.75, 3.05) is 7.11 Å². The van der Waals surface area contributed by atoms with Gasteiger partial charge in [0.05, 0.1) is 18.4 Å². The minimum absolute atomic E-state index is 0.368. The maximum Gasteiger partial charge on any atom is 0.339 e. The number of hydrogen-bond acceptors (Lipinski definition) is 4. The van der Waals surface area contributed by atoms with Gasteiger partial charge in [-0.25, -0.2) is 4.79 Å². The summed E-state index contributed by atoms with van der Waals surface area (Å²) in [5.74, 6) is 0.509. The molecule has 2 rings (SSSR count). The Morgan fingerprint density at radius 2 is 1.81 bits per heavy atom. The average Bonchev–Trinajstić information content (AvgIpc) is 2.51. The Balaban J connectivity index is 2.10. The van der Waals surface area contributed by atoms with E-state index in [0.29, 0.717) is 12.2 Å². The van der Waals surface area contributed by atoms with Crippen LogP contribution >= 0.6 is 0 Å². The van der Waals surface area contributed by atoms with Crippen molar-refractivity contribution in [3.63, 3.8) is 0 Å². The van der Waals surface area contributed by atoms with Crippen LogP contribution in [0.15, 0.2) is 30.5 Å². The van der Waals surface area contributed by atoms with Crippen molar-refractivity contribution in [2.45, 2.75) is 27.4 Å². The van der Waals surface area contributed by atoms with Gasteiger partial charge in [-0.2, -0.15) is 0 Å². The van der Waals surface area contributed by atoms with E-state index in [2.05, 4.69) is 22.7 Å². The molecule has 0 unspecified atom stereocenters. The van der Waals surface area contributed by atoms with Gasteiger partial charge in [-0.1, -0.05) is 12.1 Å². The van der Waals surface area contributed by atoms with E-state index in [0.717, 1.165) is 22.6 Å². The molecule has 4 heteroatoms. The number of nitrogens with zero attached hydrogens (tertiary/aromatic N) is 1. The van der Waals surface area contributed by atoms with Gasteiger partial charge in [-0.05, 0) is 49.6 Å². The molecular weight excluding hydrogens is 266 g/mol. The van der Waals surface area contributed by atoms with Crippen LogP contribution in [0.1, 0.15) is 32.7 Å². The quantitative estimate of drug-likeness (QED) is 0.808. The molecule has 0 radical (unpaired) electrons. The Hall–Kier alpha value is -2.36. The Morgan fingerprint density at radius 1 is 1.10 bits per heavy atom. The first-order valence-electron chi connectivity index (χ1n) is 6.75. The third kappa shape index (κ3) is 3.40. The molecule has 0 saturated heterocycles. The zero-order valence-electron chi connectivity index (χ0n) is 12.8. The highest BCUT2D eigenvalue weighted by Gasteiger charge is 2.08. The second kappa shape index (κ2) is 6.39. The van der Waals surface area contributed by atoms with E-state index < -0.39 is 0 Å². The molecule has 0 amide bonds. The van der Waals surface area contributed by atoms with Gasteiger partial charge in [0, 0.05) is 6.20 Å². The number of benzene rings is 1. The highest BCUT2D eigenvalue weighted by molar-refractivity contribution is 5.88. The first kappa shape index (κ1) is 15.0. The summed E-state index contributed by atoms with van der Waals surface area (Å²) in [6.07, 6.45) is 1.50. The number of pyridine rings is 1. The molecule has 0 aliphatic rings. The van der Waals surface area contributed by atoms with Crippen molar-refractivity contribution >= 4 is 5.97 Å². The number of rotatable bonds is 4. The molecule has 1 heterocycles. The SMILES string of the molecule is COC(=O)c1ccc(COc2c(C)ccc(C)c2C)nc1. The Bertz CT molecular complexity index is 648. The third-order valence-electron chi connectivity index (χ3n) is 3.48. The lowest BCUT2D eigenvalue weighted by molar-refractivity contribution is 0.0600. The van der Waals surface area contributed by atoms with Gasteiger partial charge < -0.3 is 9.47 Å². The topological polar surface area (TPSA) is 48.4 Å². The van der Waals surface area contributed by atoms with Crippen molar-refractivity contribution in [3.8, 4) is 5.75 Å². The summed E-state index contributed by atoms with van der Waals surface area (Å²) in [4.78, 5) is 15.6. The van der Waals surface area contributed by atoms with E-state index in [1.807, 2.05) is 19.9 Å². The molecule has 0 saturated carbocycles. The number of ether oxygens (including phenoxy) is 2. The number of aromatic nitrogens is 1. The van der Waals surface area contributed by atoms with Crippen molar-refractivity contribution in [1.29, 1.82) is 0 Å². The lowest BCUT2D eigenvalue weighted by Gasteiger charge is -2.13. The van der Waals surface area contributed by atoms with Crippen LogP contribution in [0.5, 0.6) is 5.75 Å². The lowest BCUT2D eigenvalue weighted by Crippen LogP contribution is -2.05. The number of carbonyl (C=O) groups excluding carboxylic acids is 1. The van der Waals surface area contributed by atoms with E-state index in [1.165, 1.54) is 18.9 Å². The van der Waals surface area contributed by atoms with Crippen LogP contribution in [-0.2, 0) is 11.3 Å². The van der Waals surface area contributed by atoms with Gasteiger partial charge in [-0.15, -0.1) is 0 Å². The van der Waals surface area contributed by atoms with Crippen molar-refractivity contribution in [2.24, 2.45) is 0 Å². The number of esters is 1. The van der Waals surface area contributed by atoms with Crippen LogP contribution in [0.2, 0.25) is 0 Å². The van der Waals surface area contributed by atoms with Crippen molar-refractivity contribution in [1.82, 2.24) is 4.98 Å². The summed E-state index contributed by atoms with van der Waals surface area (Å²) in [7, 11) is 1.35. The maximum atomic E-state index is 11.3. The lowest BCUT2D eigenvalue weighted by atomic mass is 10.1. The van der Waals surface area contributed by atoms with Crippen molar-refractivity contribution < 1.29 is 14.3 Å². The summed E-state index contributed by atoms with van der Waals surface area (Å²) in [5, 5.41) is 0. The predicted octanol–water partition coefficient (Wildman–Crippen LogP) is 3.37. The molecule has 21 heavy (non-hydrogen) atoms. The van der Waals surface area contributed by atoms with E-state index in [1.54, 1.807) is 12.1 Å². The number of aryl methyl sites for hydroxylation is 2. The van der Waals surface area contributed by atoms with Gasteiger partial charge in [0.2, 0.25) is 0 Å². The molecule has 1 aromatic heterocycles. The molecule has 0 aliphatic carbocycles. The zero-order chi connectivity index (χ0) is 15.4. The van der Waals surface area contributed by atoms with Gasteiger partial charge in [0.25, 0.3) is 0 Å². The molecule has 0 spiro atoms. The Labute approximate surface area is 124 Å². The molecule has 0 fully saturated rings. The maximum absolute atomic E-state index is 11.3. The fourth-order valence-electron chi connectivity index (χ4n) is 2.04. The predicted molar refractivity (Wildman–Crippen MR) is 80.6 cm³/mol. The smallest absolute Gasteiger partial charge is 0.339 e. The number of carbonyl (C=O) groups is 1. The van der Waals surface area contributed by atoms with Crippen LogP contribution in [-0.4, -0.2) is 18.1 Å². The van der Waals surface area contributed by atoms with Crippen LogP contribution in [0.4, 0.5) is 0 Å². The summed E-state index contributed by atoms with van der Waals surface area (Å²) >= 11 is 0.